The van der Waals surface area contributed by atoms with E-state index in [-0.39, 0.29) is 11.1 Å². The van der Waals surface area contributed by atoms with Gasteiger partial charge in [0.25, 0.3) is 0 Å². The molecule has 0 aromatic heterocycles. The second kappa shape index (κ2) is 6.54. The molecule has 0 N–H and O–H groups in total. The Hall–Kier alpha value is -0.453. The molecule has 1 aromatic carbocycles. The van der Waals surface area contributed by atoms with Gasteiger partial charge in [0.1, 0.15) is 0 Å². The van der Waals surface area contributed by atoms with Crippen molar-refractivity contribution in [1.82, 2.24) is 0 Å². The van der Waals surface area contributed by atoms with Crippen molar-refractivity contribution in [2.75, 3.05) is 5.75 Å². The summed E-state index contributed by atoms with van der Waals surface area (Å²) in [6, 6.07) is 7.91. The Morgan fingerprint density at radius 1 is 1.20 bits per heavy atom. The first-order valence-electron chi connectivity index (χ1n) is 7.16. The quantitative estimate of drug-likeness (QED) is 0.748. The van der Waals surface area contributed by atoms with Crippen molar-refractivity contribution in [2.45, 2.75) is 63.8 Å². The number of benzene rings is 1. The van der Waals surface area contributed by atoms with Gasteiger partial charge in [-0.2, -0.15) is 0 Å². The molecule has 0 radical (unpaired) electrons. The van der Waals surface area contributed by atoms with Gasteiger partial charge in [0.05, 0.1) is 22.7 Å². The summed E-state index contributed by atoms with van der Waals surface area (Å²) in [7, 11) is -2.77. The van der Waals surface area contributed by atoms with Crippen molar-refractivity contribution in [3.05, 3.63) is 29.8 Å². The second-order valence-corrected chi connectivity index (χ2v) is 13.3. The van der Waals surface area contributed by atoms with Gasteiger partial charge in [0.15, 0.2) is 8.32 Å². The minimum Gasteiger partial charge on any atom is -0.413 e. The molecule has 0 fully saturated rings. The summed E-state index contributed by atoms with van der Waals surface area (Å²) in [4.78, 5) is 0.890. The first kappa shape index (κ1) is 17.6. The molecule has 114 valence electrons. The highest BCUT2D eigenvalue weighted by molar-refractivity contribution is 7.85. The predicted molar refractivity (Wildman–Crippen MR) is 90.2 cm³/mol. The number of rotatable bonds is 5. The SMILES string of the molecule is Cc1ccc(S(=O)C[C@H](C)O[Si](C)(C)C(C)(C)C)cc1. The van der Waals surface area contributed by atoms with E-state index in [2.05, 4.69) is 33.9 Å². The first-order chi connectivity index (χ1) is 9.03. The van der Waals surface area contributed by atoms with Crippen LogP contribution in [0.3, 0.4) is 0 Å². The van der Waals surface area contributed by atoms with Gasteiger partial charge in [-0.05, 0) is 44.1 Å². The van der Waals surface area contributed by atoms with Crippen LogP contribution in [-0.4, -0.2) is 24.4 Å². The largest absolute Gasteiger partial charge is 0.413 e. The lowest BCUT2D eigenvalue weighted by Crippen LogP contribution is -2.44. The minimum atomic E-state index is -1.78. The zero-order valence-electron chi connectivity index (χ0n) is 13.8. The third-order valence-corrected chi connectivity index (χ3v) is 10.1. The topological polar surface area (TPSA) is 26.3 Å². The molecular formula is C16H28O2SSi. The smallest absolute Gasteiger partial charge is 0.192 e. The van der Waals surface area contributed by atoms with Crippen LogP contribution in [0.25, 0.3) is 0 Å². The van der Waals surface area contributed by atoms with E-state index in [9.17, 15) is 4.21 Å². The standard InChI is InChI=1S/C16H28O2SSi/c1-13-8-10-15(11-9-13)19(17)12-14(2)18-20(6,7)16(3,4)5/h8-11,14H,12H2,1-7H3/t14-,19?/m0/s1. The number of aryl methyl sites for hydroxylation is 1. The maximum absolute atomic E-state index is 12.3. The molecule has 0 saturated carbocycles. The molecular weight excluding hydrogens is 284 g/mol. The fourth-order valence-corrected chi connectivity index (χ4v) is 4.40. The van der Waals surface area contributed by atoms with Crippen molar-refractivity contribution in [3.63, 3.8) is 0 Å². The Balaban J connectivity index is 2.65. The summed E-state index contributed by atoms with van der Waals surface area (Å²) in [5, 5.41) is 0.187. The Bertz CT molecular complexity index is 460. The normalized spacial score (nSPS) is 15.9. The summed E-state index contributed by atoms with van der Waals surface area (Å²) in [5.41, 5.74) is 1.19. The van der Waals surface area contributed by atoms with Crippen LogP contribution in [0.15, 0.2) is 29.2 Å². The van der Waals surface area contributed by atoms with E-state index < -0.39 is 19.1 Å². The third kappa shape index (κ3) is 4.83. The zero-order chi connectivity index (χ0) is 15.6. The molecule has 0 bridgehead atoms. The summed E-state index contributed by atoms with van der Waals surface area (Å²) < 4.78 is 18.6. The Morgan fingerprint density at radius 2 is 1.70 bits per heavy atom. The van der Waals surface area contributed by atoms with Gasteiger partial charge in [-0.3, -0.25) is 4.21 Å². The van der Waals surface area contributed by atoms with Gasteiger partial charge in [0.2, 0.25) is 0 Å². The van der Waals surface area contributed by atoms with E-state index in [1.807, 2.05) is 38.1 Å². The average Bonchev–Trinajstić information content (AvgIpc) is 2.27. The van der Waals surface area contributed by atoms with E-state index >= 15 is 0 Å². The van der Waals surface area contributed by atoms with Crippen LogP contribution in [0, 0.1) is 6.92 Å². The lowest BCUT2D eigenvalue weighted by molar-refractivity contribution is 0.221. The molecule has 1 aromatic rings. The van der Waals surface area contributed by atoms with Gasteiger partial charge in [-0.25, -0.2) is 0 Å². The summed E-state index contributed by atoms with van der Waals surface area (Å²) >= 11 is 0. The lowest BCUT2D eigenvalue weighted by atomic mass is 10.2. The van der Waals surface area contributed by atoms with Crippen LogP contribution in [0.4, 0.5) is 0 Å². The molecule has 0 heterocycles. The average molecular weight is 313 g/mol. The molecule has 0 saturated heterocycles. The summed E-state index contributed by atoms with van der Waals surface area (Å²) in [5.74, 6) is 0.565. The van der Waals surface area contributed by atoms with Gasteiger partial charge >= 0.3 is 0 Å². The Kier molecular flexibility index (Phi) is 5.76. The van der Waals surface area contributed by atoms with Crippen molar-refractivity contribution >= 4 is 19.1 Å². The molecule has 2 atom stereocenters. The Labute approximate surface area is 127 Å². The third-order valence-electron chi connectivity index (χ3n) is 3.97. The molecule has 0 amide bonds. The van der Waals surface area contributed by atoms with Crippen LogP contribution >= 0.6 is 0 Å². The molecule has 2 nitrogen and oxygen atoms in total. The van der Waals surface area contributed by atoms with Crippen LogP contribution in [0.2, 0.25) is 18.1 Å². The van der Waals surface area contributed by atoms with Crippen molar-refractivity contribution in [3.8, 4) is 0 Å². The molecule has 4 heteroatoms. The number of hydrogen-bond acceptors (Lipinski definition) is 2. The highest BCUT2D eigenvalue weighted by Gasteiger charge is 2.38. The van der Waals surface area contributed by atoms with E-state index in [1.54, 1.807) is 0 Å². The predicted octanol–water partition coefficient (Wildman–Crippen LogP) is 4.51. The van der Waals surface area contributed by atoms with Crippen LogP contribution in [0.1, 0.15) is 33.3 Å². The van der Waals surface area contributed by atoms with Crippen molar-refractivity contribution in [2.24, 2.45) is 0 Å². The highest BCUT2D eigenvalue weighted by Crippen LogP contribution is 2.37. The monoisotopic (exact) mass is 312 g/mol. The first-order valence-corrected chi connectivity index (χ1v) is 11.4. The molecule has 1 unspecified atom stereocenters. The van der Waals surface area contributed by atoms with E-state index in [0.717, 1.165) is 4.90 Å². The second-order valence-electron chi connectivity index (χ2n) is 7.01. The lowest BCUT2D eigenvalue weighted by Gasteiger charge is -2.38. The number of hydrogen-bond donors (Lipinski definition) is 0. The Morgan fingerprint density at radius 3 is 2.15 bits per heavy atom. The van der Waals surface area contributed by atoms with Crippen LogP contribution in [0.5, 0.6) is 0 Å². The fourth-order valence-electron chi connectivity index (χ4n) is 1.71. The van der Waals surface area contributed by atoms with E-state index in [0.29, 0.717) is 5.75 Å². The summed E-state index contributed by atoms with van der Waals surface area (Å²) in [6.07, 6.45) is 0.0260. The van der Waals surface area contributed by atoms with Gasteiger partial charge in [0, 0.05) is 4.90 Å². The van der Waals surface area contributed by atoms with Crippen molar-refractivity contribution < 1.29 is 8.63 Å². The maximum atomic E-state index is 12.3. The molecule has 0 aliphatic carbocycles. The summed E-state index contributed by atoms with van der Waals surface area (Å²) in [6.45, 7) is 15.2. The highest BCUT2D eigenvalue weighted by atomic mass is 32.2. The van der Waals surface area contributed by atoms with Gasteiger partial charge < -0.3 is 4.43 Å². The molecule has 1 rings (SSSR count). The molecule has 20 heavy (non-hydrogen) atoms. The van der Waals surface area contributed by atoms with Crippen molar-refractivity contribution in [1.29, 1.82) is 0 Å². The fraction of sp³-hybridized carbons (Fsp3) is 0.625. The minimum absolute atomic E-state index is 0.0260. The van der Waals surface area contributed by atoms with E-state index in [4.69, 9.17) is 4.43 Å². The van der Waals surface area contributed by atoms with Crippen LogP contribution < -0.4 is 0 Å². The van der Waals surface area contributed by atoms with E-state index in [1.165, 1.54) is 5.56 Å². The van der Waals surface area contributed by atoms with Gasteiger partial charge in [-0.15, -0.1) is 0 Å². The maximum Gasteiger partial charge on any atom is 0.192 e. The van der Waals surface area contributed by atoms with Crippen LogP contribution in [-0.2, 0) is 15.2 Å². The zero-order valence-corrected chi connectivity index (χ0v) is 15.6. The van der Waals surface area contributed by atoms with Gasteiger partial charge in [-0.1, -0.05) is 38.5 Å². The molecule has 0 aliphatic rings. The molecule has 0 spiro atoms. The molecule has 0 aliphatic heterocycles.